The zero-order valence-electron chi connectivity index (χ0n) is 12.0. The second-order valence-electron chi connectivity index (χ2n) is 6.00. The standard InChI is InChI=1S/C16H21F3N2/c17-16(18,19)12-6-8-13(9-7-12)21-11-2-1-5-15(21)14-4-3-10-20-14/h6-9,14-15,20H,1-5,10-11H2. The number of hydrogen-bond donors (Lipinski definition) is 1. The molecule has 2 fully saturated rings. The van der Waals surface area contributed by atoms with Gasteiger partial charge in [0.15, 0.2) is 0 Å². The molecule has 0 radical (unpaired) electrons. The third-order valence-electron chi connectivity index (χ3n) is 4.64. The molecule has 0 bridgehead atoms. The Bertz CT molecular complexity index is 463. The molecule has 21 heavy (non-hydrogen) atoms. The molecule has 2 unspecified atom stereocenters. The highest BCUT2D eigenvalue weighted by Gasteiger charge is 2.33. The van der Waals surface area contributed by atoms with Crippen molar-refractivity contribution in [3.05, 3.63) is 29.8 Å². The van der Waals surface area contributed by atoms with Crippen LogP contribution < -0.4 is 10.2 Å². The minimum Gasteiger partial charge on any atom is -0.367 e. The van der Waals surface area contributed by atoms with E-state index in [2.05, 4.69) is 10.2 Å². The lowest BCUT2D eigenvalue weighted by Crippen LogP contribution is -2.50. The van der Waals surface area contributed by atoms with Crippen LogP contribution in [0, 0.1) is 0 Å². The maximum atomic E-state index is 12.7. The molecule has 5 heteroatoms. The Morgan fingerprint density at radius 3 is 2.38 bits per heavy atom. The molecule has 2 aliphatic rings. The zero-order chi connectivity index (χ0) is 14.9. The first kappa shape index (κ1) is 14.7. The minimum atomic E-state index is -4.26. The van der Waals surface area contributed by atoms with Crippen molar-refractivity contribution in [2.45, 2.75) is 50.4 Å². The Balaban J connectivity index is 1.79. The summed E-state index contributed by atoms with van der Waals surface area (Å²) < 4.78 is 38.0. The van der Waals surface area contributed by atoms with Gasteiger partial charge in [0, 0.05) is 24.3 Å². The molecule has 1 N–H and O–H groups in total. The molecule has 0 saturated carbocycles. The number of benzene rings is 1. The number of rotatable bonds is 2. The lowest BCUT2D eigenvalue weighted by Gasteiger charge is -2.41. The van der Waals surface area contributed by atoms with E-state index < -0.39 is 11.7 Å². The van der Waals surface area contributed by atoms with Gasteiger partial charge in [-0.1, -0.05) is 0 Å². The Kier molecular flexibility index (Phi) is 4.11. The van der Waals surface area contributed by atoms with Crippen molar-refractivity contribution in [3.63, 3.8) is 0 Å². The highest BCUT2D eigenvalue weighted by molar-refractivity contribution is 5.50. The molecular weight excluding hydrogens is 277 g/mol. The monoisotopic (exact) mass is 298 g/mol. The van der Waals surface area contributed by atoms with E-state index in [-0.39, 0.29) is 0 Å². The van der Waals surface area contributed by atoms with E-state index in [1.807, 2.05) is 0 Å². The molecule has 116 valence electrons. The average molecular weight is 298 g/mol. The lowest BCUT2D eigenvalue weighted by molar-refractivity contribution is -0.137. The maximum Gasteiger partial charge on any atom is 0.416 e. The summed E-state index contributed by atoms with van der Waals surface area (Å²) in [6, 6.07) is 6.53. The van der Waals surface area contributed by atoms with Crippen molar-refractivity contribution in [3.8, 4) is 0 Å². The predicted octanol–water partition coefficient (Wildman–Crippen LogP) is 3.82. The van der Waals surface area contributed by atoms with Crippen LogP contribution in [-0.2, 0) is 6.18 Å². The number of anilines is 1. The molecule has 0 aromatic heterocycles. The van der Waals surface area contributed by atoms with Gasteiger partial charge in [0.2, 0.25) is 0 Å². The van der Waals surface area contributed by atoms with Crippen molar-refractivity contribution in [2.75, 3.05) is 18.0 Å². The Morgan fingerprint density at radius 1 is 1.00 bits per heavy atom. The summed E-state index contributed by atoms with van der Waals surface area (Å²) in [6.07, 6.45) is 1.56. The van der Waals surface area contributed by atoms with Crippen molar-refractivity contribution in [1.82, 2.24) is 5.32 Å². The molecule has 2 aliphatic heterocycles. The number of piperidine rings is 1. The largest absolute Gasteiger partial charge is 0.416 e. The number of nitrogens with zero attached hydrogens (tertiary/aromatic N) is 1. The van der Waals surface area contributed by atoms with Crippen LogP contribution in [0.3, 0.4) is 0 Å². The fourth-order valence-electron chi connectivity index (χ4n) is 3.58. The van der Waals surface area contributed by atoms with Gasteiger partial charge in [-0.3, -0.25) is 0 Å². The molecule has 0 amide bonds. The second kappa shape index (κ2) is 5.87. The van der Waals surface area contributed by atoms with Gasteiger partial charge in [-0.15, -0.1) is 0 Å². The van der Waals surface area contributed by atoms with E-state index in [0.29, 0.717) is 12.1 Å². The molecule has 2 saturated heterocycles. The number of alkyl halides is 3. The number of nitrogens with one attached hydrogen (secondary N) is 1. The topological polar surface area (TPSA) is 15.3 Å². The van der Waals surface area contributed by atoms with Crippen LogP contribution in [0.1, 0.15) is 37.7 Å². The highest BCUT2D eigenvalue weighted by Crippen LogP contribution is 2.33. The van der Waals surface area contributed by atoms with Gasteiger partial charge in [0.05, 0.1) is 5.56 Å². The summed E-state index contributed by atoms with van der Waals surface area (Å²) in [4.78, 5) is 2.30. The SMILES string of the molecule is FC(F)(F)c1ccc(N2CCCCC2C2CCCN2)cc1. The molecule has 3 rings (SSSR count). The van der Waals surface area contributed by atoms with Crippen LogP contribution in [0.2, 0.25) is 0 Å². The maximum absolute atomic E-state index is 12.7. The van der Waals surface area contributed by atoms with Crippen LogP contribution >= 0.6 is 0 Å². The summed E-state index contributed by atoms with van der Waals surface area (Å²) in [5.74, 6) is 0. The van der Waals surface area contributed by atoms with Crippen molar-refractivity contribution in [1.29, 1.82) is 0 Å². The smallest absolute Gasteiger partial charge is 0.367 e. The van der Waals surface area contributed by atoms with Gasteiger partial charge in [0.1, 0.15) is 0 Å². The number of hydrogen-bond acceptors (Lipinski definition) is 2. The highest BCUT2D eigenvalue weighted by atomic mass is 19.4. The van der Waals surface area contributed by atoms with Gasteiger partial charge in [0.25, 0.3) is 0 Å². The molecule has 1 aromatic carbocycles. The third kappa shape index (κ3) is 3.18. The van der Waals surface area contributed by atoms with E-state index in [1.54, 1.807) is 12.1 Å². The van der Waals surface area contributed by atoms with E-state index in [0.717, 1.165) is 31.6 Å². The second-order valence-corrected chi connectivity index (χ2v) is 6.00. The van der Waals surface area contributed by atoms with Gasteiger partial charge < -0.3 is 10.2 Å². The first-order chi connectivity index (χ1) is 10.1. The van der Waals surface area contributed by atoms with Crippen molar-refractivity contribution < 1.29 is 13.2 Å². The molecule has 0 spiro atoms. The Hall–Kier alpha value is -1.23. The molecular formula is C16H21F3N2. The van der Waals surface area contributed by atoms with Gasteiger partial charge >= 0.3 is 6.18 Å². The lowest BCUT2D eigenvalue weighted by atomic mass is 9.94. The number of halogens is 3. The summed E-state index contributed by atoms with van der Waals surface area (Å²) in [7, 11) is 0. The van der Waals surface area contributed by atoms with E-state index >= 15 is 0 Å². The van der Waals surface area contributed by atoms with Gasteiger partial charge in [-0.25, -0.2) is 0 Å². The normalized spacial score (nSPS) is 27.1. The van der Waals surface area contributed by atoms with Crippen molar-refractivity contribution >= 4 is 5.69 Å². The molecule has 1 aromatic rings. The summed E-state index contributed by atoms with van der Waals surface area (Å²) >= 11 is 0. The van der Waals surface area contributed by atoms with E-state index in [9.17, 15) is 13.2 Å². The van der Waals surface area contributed by atoms with Crippen LogP contribution in [0.5, 0.6) is 0 Å². The zero-order valence-corrected chi connectivity index (χ0v) is 12.0. The molecule has 0 aliphatic carbocycles. The molecule has 2 atom stereocenters. The minimum absolute atomic E-state index is 0.415. The molecule has 2 heterocycles. The Labute approximate surface area is 123 Å². The predicted molar refractivity (Wildman–Crippen MR) is 77.5 cm³/mol. The first-order valence-corrected chi connectivity index (χ1v) is 7.73. The van der Waals surface area contributed by atoms with Gasteiger partial charge in [-0.05, 0) is 62.9 Å². The fraction of sp³-hybridized carbons (Fsp3) is 0.625. The summed E-state index contributed by atoms with van der Waals surface area (Å²) in [5.41, 5.74) is 0.347. The van der Waals surface area contributed by atoms with Crippen LogP contribution in [0.4, 0.5) is 18.9 Å². The summed E-state index contributed by atoms with van der Waals surface area (Å²) in [5, 5.41) is 3.54. The first-order valence-electron chi connectivity index (χ1n) is 7.73. The average Bonchev–Trinajstić information content (AvgIpc) is 3.01. The molecule has 2 nitrogen and oxygen atoms in total. The van der Waals surface area contributed by atoms with E-state index in [1.165, 1.54) is 31.4 Å². The van der Waals surface area contributed by atoms with Gasteiger partial charge in [-0.2, -0.15) is 13.2 Å². The third-order valence-corrected chi connectivity index (χ3v) is 4.64. The van der Waals surface area contributed by atoms with Crippen molar-refractivity contribution in [2.24, 2.45) is 0 Å². The fourth-order valence-corrected chi connectivity index (χ4v) is 3.58. The Morgan fingerprint density at radius 2 is 1.76 bits per heavy atom. The van der Waals surface area contributed by atoms with Crippen LogP contribution in [0.25, 0.3) is 0 Å². The van der Waals surface area contributed by atoms with E-state index in [4.69, 9.17) is 0 Å². The summed E-state index contributed by atoms with van der Waals surface area (Å²) in [6.45, 7) is 2.00. The van der Waals surface area contributed by atoms with Crippen LogP contribution in [0.15, 0.2) is 24.3 Å². The quantitative estimate of drug-likeness (QED) is 0.893. The van der Waals surface area contributed by atoms with Crippen LogP contribution in [-0.4, -0.2) is 25.2 Å².